The summed E-state index contributed by atoms with van der Waals surface area (Å²) in [5.74, 6) is 0.168. The van der Waals surface area contributed by atoms with Crippen LogP contribution in [0.2, 0.25) is 0 Å². The van der Waals surface area contributed by atoms with Gasteiger partial charge in [-0.1, -0.05) is 103 Å². The molecule has 0 aliphatic rings. The minimum Gasteiger partial charge on any atom is -0.301 e. The lowest BCUT2D eigenvalue weighted by Crippen LogP contribution is -2.42. The van der Waals surface area contributed by atoms with Gasteiger partial charge in [-0.15, -0.1) is 12.4 Å². The molecule has 0 bridgehead atoms. The first-order chi connectivity index (χ1) is 13.3. The molecule has 0 aliphatic carbocycles. The Balaban J connectivity index is 0.00000729. The molecular formula is C24H44ClN2O+. The van der Waals surface area contributed by atoms with Crippen molar-refractivity contribution in [1.82, 2.24) is 5.32 Å². The van der Waals surface area contributed by atoms with Crippen molar-refractivity contribution in [2.24, 2.45) is 0 Å². The lowest BCUT2D eigenvalue weighted by molar-refractivity contribution is -0.700. The van der Waals surface area contributed by atoms with Crippen LogP contribution in [0.25, 0.3) is 0 Å². The maximum atomic E-state index is 11.8. The summed E-state index contributed by atoms with van der Waals surface area (Å²) in [5.41, 5.74) is 0. The molecule has 3 nitrogen and oxygen atoms in total. The summed E-state index contributed by atoms with van der Waals surface area (Å²) in [6, 6.07) is 5.93. The van der Waals surface area contributed by atoms with Gasteiger partial charge in [0.15, 0.2) is 12.4 Å². The molecular weight excluding hydrogens is 368 g/mol. The van der Waals surface area contributed by atoms with E-state index < -0.39 is 0 Å². The second-order valence-corrected chi connectivity index (χ2v) is 7.85. The Morgan fingerprint density at radius 1 is 0.679 bits per heavy atom. The molecule has 0 fully saturated rings. The number of hydrogen-bond donors (Lipinski definition) is 1. The predicted octanol–water partition coefficient (Wildman–Crippen LogP) is 6.73. The first kappa shape index (κ1) is 26.9. The summed E-state index contributed by atoms with van der Waals surface area (Å²) in [6.07, 6.45) is 24.9. The van der Waals surface area contributed by atoms with E-state index in [1.807, 2.05) is 35.2 Å². The van der Waals surface area contributed by atoms with Crippen LogP contribution in [0.4, 0.5) is 0 Å². The quantitative estimate of drug-likeness (QED) is 0.211. The third-order valence-corrected chi connectivity index (χ3v) is 5.24. The van der Waals surface area contributed by atoms with Crippen molar-refractivity contribution in [3.05, 3.63) is 30.6 Å². The molecule has 0 aliphatic heterocycles. The van der Waals surface area contributed by atoms with Gasteiger partial charge < -0.3 is 5.32 Å². The van der Waals surface area contributed by atoms with Gasteiger partial charge in [0.05, 0.1) is 0 Å². The molecule has 1 aromatic rings. The molecule has 0 spiro atoms. The van der Waals surface area contributed by atoms with E-state index in [0.29, 0.717) is 13.1 Å². The average Bonchev–Trinajstić information content (AvgIpc) is 2.70. The number of carbonyl (C=O) groups is 1. The van der Waals surface area contributed by atoms with Crippen molar-refractivity contribution in [1.29, 1.82) is 0 Å². The molecule has 1 heterocycles. The van der Waals surface area contributed by atoms with E-state index in [0.717, 1.165) is 6.42 Å². The molecule has 1 amide bonds. The highest BCUT2D eigenvalue weighted by molar-refractivity contribution is 5.85. The van der Waals surface area contributed by atoms with Gasteiger partial charge in [-0.2, -0.15) is 4.57 Å². The smallest absolute Gasteiger partial charge is 0.224 e. The predicted molar refractivity (Wildman–Crippen MR) is 122 cm³/mol. The Hall–Kier alpha value is -1.09. The topological polar surface area (TPSA) is 33.0 Å². The number of rotatable bonds is 18. The van der Waals surface area contributed by atoms with Crippen molar-refractivity contribution in [2.45, 2.75) is 116 Å². The Bertz CT molecular complexity index is 453. The number of nitrogens with zero attached hydrogens (tertiary/aromatic N) is 1. The van der Waals surface area contributed by atoms with Crippen LogP contribution < -0.4 is 9.88 Å². The van der Waals surface area contributed by atoms with E-state index in [4.69, 9.17) is 0 Å². The number of pyridine rings is 1. The second-order valence-electron chi connectivity index (χ2n) is 7.85. The van der Waals surface area contributed by atoms with Crippen molar-refractivity contribution in [3.8, 4) is 0 Å². The van der Waals surface area contributed by atoms with Crippen LogP contribution in [0.5, 0.6) is 0 Å². The highest BCUT2D eigenvalue weighted by Crippen LogP contribution is 2.13. The summed E-state index contributed by atoms with van der Waals surface area (Å²) in [4.78, 5) is 11.8. The van der Waals surface area contributed by atoms with Gasteiger partial charge in [-0.3, -0.25) is 4.79 Å². The van der Waals surface area contributed by atoms with Gasteiger partial charge in [0, 0.05) is 18.6 Å². The van der Waals surface area contributed by atoms with E-state index in [9.17, 15) is 4.79 Å². The Kier molecular flexibility index (Phi) is 19.8. The lowest BCUT2D eigenvalue weighted by atomic mass is 10.0. The minimum atomic E-state index is 0. The summed E-state index contributed by atoms with van der Waals surface area (Å²) >= 11 is 0. The van der Waals surface area contributed by atoms with Gasteiger partial charge in [0.2, 0.25) is 12.6 Å². The Morgan fingerprint density at radius 2 is 1.11 bits per heavy atom. The van der Waals surface area contributed by atoms with Crippen LogP contribution in [-0.4, -0.2) is 5.91 Å². The number of hydrogen-bond acceptors (Lipinski definition) is 1. The highest BCUT2D eigenvalue weighted by Gasteiger charge is 2.03. The molecule has 28 heavy (non-hydrogen) atoms. The molecule has 0 saturated carbocycles. The van der Waals surface area contributed by atoms with Gasteiger partial charge in [-0.25, -0.2) is 0 Å². The fourth-order valence-corrected chi connectivity index (χ4v) is 3.46. The van der Waals surface area contributed by atoms with Crippen LogP contribution >= 0.6 is 12.4 Å². The minimum absolute atomic E-state index is 0. The average molecular weight is 412 g/mol. The van der Waals surface area contributed by atoms with Gasteiger partial charge in [0.1, 0.15) is 0 Å². The molecule has 4 heteroatoms. The molecule has 1 rings (SSSR count). The summed E-state index contributed by atoms with van der Waals surface area (Å²) in [6.45, 7) is 2.85. The molecule has 0 saturated heterocycles. The van der Waals surface area contributed by atoms with E-state index in [1.54, 1.807) is 0 Å². The molecule has 0 unspecified atom stereocenters. The highest BCUT2D eigenvalue weighted by atomic mass is 35.5. The van der Waals surface area contributed by atoms with Crippen LogP contribution in [0, 0.1) is 0 Å². The summed E-state index contributed by atoms with van der Waals surface area (Å²) in [5, 5.41) is 2.97. The first-order valence-electron chi connectivity index (χ1n) is 11.5. The second kappa shape index (κ2) is 20.6. The third kappa shape index (κ3) is 17.0. The Labute approximate surface area is 180 Å². The van der Waals surface area contributed by atoms with E-state index in [2.05, 4.69) is 12.2 Å². The van der Waals surface area contributed by atoms with Gasteiger partial charge in [-0.05, 0) is 6.42 Å². The van der Waals surface area contributed by atoms with Crippen LogP contribution in [-0.2, 0) is 11.5 Å². The maximum Gasteiger partial charge on any atom is 0.224 e. The van der Waals surface area contributed by atoms with Crippen molar-refractivity contribution >= 4 is 18.3 Å². The largest absolute Gasteiger partial charge is 0.301 e. The fraction of sp³-hybridized carbons (Fsp3) is 0.750. The molecule has 162 valence electrons. The number of carbonyl (C=O) groups excluding carboxylic acids is 1. The zero-order valence-electron chi connectivity index (χ0n) is 18.2. The Morgan fingerprint density at radius 3 is 1.57 bits per heavy atom. The molecule has 1 aromatic heterocycles. The number of amides is 1. The number of unbranched alkanes of at least 4 members (excludes halogenated alkanes) is 14. The fourth-order valence-electron chi connectivity index (χ4n) is 3.46. The van der Waals surface area contributed by atoms with Crippen LogP contribution in [0.3, 0.4) is 0 Å². The zero-order valence-corrected chi connectivity index (χ0v) is 19.0. The van der Waals surface area contributed by atoms with Crippen molar-refractivity contribution in [3.63, 3.8) is 0 Å². The van der Waals surface area contributed by atoms with Crippen LogP contribution in [0.1, 0.15) is 110 Å². The maximum absolute atomic E-state index is 11.8. The standard InChI is InChI=1S/C24H42N2O.ClH/c1-2-3-4-5-6-7-8-9-10-11-12-13-14-15-17-20-24(27)25-23-26-21-18-16-19-22-26;/h16,18-19,21-22H,2-15,17,20,23H2,1H3;1H/p+1. The van der Waals surface area contributed by atoms with Crippen molar-refractivity contribution in [2.75, 3.05) is 0 Å². The lowest BCUT2D eigenvalue weighted by Gasteiger charge is -2.04. The summed E-state index contributed by atoms with van der Waals surface area (Å²) in [7, 11) is 0. The number of nitrogens with one attached hydrogen (secondary N) is 1. The van der Waals surface area contributed by atoms with E-state index >= 15 is 0 Å². The number of halogens is 1. The molecule has 1 N–H and O–H groups in total. The van der Waals surface area contributed by atoms with Gasteiger partial charge >= 0.3 is 0 Å². The summed E-state index contributed by atoms with van der Waals surface area (Å²) < 4.78 is 1.98. The zero-order chi connectivity index (χ0) is 19.4. The van der Waals surface area contributed by atoms with E-state index in [-0.39, 0.29) is 18.3 Å². The van der Waals surface area contributed by atoms with Crippen molar-refractivity contribution < 1.29 is 9.36 Å². The third-order valence-electron chi connectivity index (χ3n) is 5.24. The van der Waals surface area contributed by atoms with E-state index in [1.165, 1.54) is 89.9 Å². The molecule has 0 atom stereocenters. The SMILES string of the molecule is CCCCCCCCCCCCCCCCCC(=O)NC[n+]1ccccc1.Cl. The number of aromatic nitrogens is 1. The monoisotopic (exact) mass is 411 g/mol. The van der Waals surface area contributed by atoms with Gasteiger partial charge in [0.25, 0.3) is 0 Å². The molecule has 0 radical (unpaired) electrons. The first-order valence-corrected chi connectivity index (χ1v) is 11.5. The molecule has 0 aromatic carbocycles. The van der Waals surface area contributed by atoms with Crippen LogP contribution in [0.15, 0.2) is 30.6 Å². The normalized spacial score (nSPS) is 10.5.